The summed E-state index contributed by atoms with van der Waals surface area (Å²) in [6.45, 7) is 7.49. The second-order valence-corrected chi connectivity index (χ2v) is 4.39. The van der Waals surface area contributed by atoms with E-state index >= 15 is 0 Å². The Hall–Kier alpha value is -0.760. The molecule has 0 fully saturated rings. The molecule has 0 atom stereocenters. The zero-order valence-electron chi connectivity index (χ0n) is 9.96. The summed E-state index contributed by atoms with van der Waals surface area (Å²) in [6, 6.07) is 0. The van der Waals surface area contributed by atoms with Gasteiger partial charge in [0.25, 0.3) is 0 Å². The normalized spacial score (nSPS) is 16.9. The van der Waals surface area contributed by atoms with Gasteiger partial charge in [0.1, 0.15) is 5.76 Å². The van der Waals surface area contributed by atoms with Gasteiger partial charge in [-0.3, -0.25) is 0 Å². The molecular weight excluding hydrogens is 186 g/mol. The smallest absolute Gasteiger partial charge is 0.114 e. The van der Waals surface area contributed by atoms with Crippen LogP contribution in [0.3, 0.4) is 0 Å². The minimum Gasteiger partial charge on any atom is -0.494 e. The van der Waals surface area contributed by atoms with Gasteiger partial charge in [-0.2, -0.15) is 0 Å². The topological polar surface area (TPSA) is 21.3 Å². The maximum Gasteiger partial charge on any atom is 0.114 e. The summed E-state index contributed by atoms with van der Waals surface area (Å²) in [5.41, 5.74) is 0. The van der Waals surface area contributed by atoms with Crippen molar-refractivity contribution >= 4 is 0 Å². The van der Waals surface area contributed by atoms with Crippen molar-refractivity contribution in [1.29, 1.82) is 0 Å². The lowest BCUT2D eigenvalue weighted by atomic mass is 10.2. The molecule has 1 rings (SSSR count). The monoisotopic (exact) mass is 209 g/mol. The van der Waals surface area contributed by atoms with Crippen molar-refractivity contribution in [1.82, 2.24) is 5.32 Å². The predicted octanol–water partition coefficient (Wildman–Crippen LogP) is 2.87. The lowest BCUT2D eigenvalue weighted by Crippen LogP contribution is -2.20. The zero-order chi connectivity index (χ0) is 10.9. The molecule has 2 heteroatoms. The quantitative estimate of drug-likeness (QED) is 0.679. The van der Waals surface area contributed by atoms with Crippen LogP contribution in [0.2, 0.25) is 0 Å². The fraction of sp³-hybridized carbons (Fsp3) is 0.692. The Balaban J connectivity index is 2.03. The Morgan fingerprint density at radius 2 is 2.40 bits per heavy atom. The summed E-state index contributed by atoms with van der Waals surface area (Å²) in [7, 11) is 0. The van der Waals surface area contributed by atoms with E-state index in [-0.39, 0.29) is 0 Å². The van der Waals surface area contributed by atoms with E-state index in [4.69, 9.17) is 4.74 Å². The van der Waals surface area contributed by atoms with E-state index in [9.17, 15) is 0 Å². The molecule has 1 aliphatic rings. The first-order valence-electron chi connectivity index (χ1n) is 5.99. The second-order valence-electron chi connectivity index (χ2n) is 4.39. The molecule has 15 heavy (non-hydrogen) atoms. The first-order valence-corrected chi connectivity index (χ1v) is 5.99. The summed E-state index contributed by atoms with van der Waals surface area (Å²) in [5.74, 6) is 1.78. The van der Waals surface area contributed by atoms with Crippen LogP contribution in [-0.2, 0) is 4.74 Å². The Labute approximate surface area is 93.4 Å². The van der Waals surface area contributed by atoms with Crippen molar-refractivity contribution in [3.8, 4) is 0 Å². The number of nitrogens with one attached hydrogen (secondary N) is 1. The van der Waals surface area contributed by atoms with Crippen LogP contribution in [-0.4, -0.2) is 19.7 Å². The third kappa shape index (κ3) is 6.34. The van der Waals surface area contributed by atoms with E-state index in [1.807, 2.05) is 0 Å². The summed E-state index contributed by atoms with van der Waals surface area (Å²) in [6.07, 6.45) is 9.84. The Morgan fingerprint density at radius 1 is 1.53 bits per heavy atom. The van der Waals surface area contributed by atoms with Crippen molar-refractivity contribution in [3.63, 3.8) is 0 Å². The van der Waals surface area contributed by atoms with E-state index in [0.717, 1.165) is 50.6 Å². The predicted molar refractivity (Wildman–Crippen MR) is 64.7 cm³/mol. The maximum absolute atomic E-state index is 5.48. The highest BCUT2D eigenvalue weighted by atomic mass is 16.5. The molecule has 0 spiro atoms. The van der Waals surface area contributed by atoms with Gasteiger partial charge in [-0.1, -0.05) is 19.9 Å². The summed E-state index contributed by atoms with van der Waals surface area (Å²) < 4.78 is 5.48. The first-order chi connectivity index (χ1) is 7.29. The average molecular weight is 209 g/mol. The number of rotatable bonds is 6. The van der Waals surface area contributed by atoms with Gasteiger partial charge in [-0.05, 0) is 50.4 Å². The molecule has 0 aliphatic carbocycles. The molecule has 86 valence electrons. The molecule has 0 aromatic carbocycles. The van der Waals surface area contributed by atoms with Crippen LogP contribution in [0.1, 0.15) is 33.1 Å². The van der Waals surface area contributed by atoms with Crippen LogP contribution in [0.25, 0.3) is 0 Å². The fourth-order valence-corrected chi connectivity index (χ4v) is 1.47. The molecule has 0 aromatic heterocycles. The molecule has 0 aromatic rings. The van der Waals surface area contributed by atoms with Crippen molar-refractivity contribution in [2.45, 2.75) is 33.1 Å². The van der Waals surface area contributed by atoms with Gasteiger partial charge in [-0.25, -0.2) is 0 Å². The summed E-state index contributed by atoms with van der Waals surface area (Å²) in [5, 5.41) is 3.41. The lowest BCUT2D eigenvalue weighted by Gasteiger charge is -2.11. The standard InChI is InChI=1S/C13H23NO/c1-12(2)11-14-9-5-3-7-13-8-4-6-10-15-13/h3,7-8,12,14H,4-6,9-11H2,1-2H3/b7-3+. The minimum absolute atomic E-state index is 0.735. The third-order valence-corrected chi connectivity index (χ3v) is 2.29. The van der Waals surface area contributed by atoms with Gasteiger partial charge in [0.2, 0.25) is 0 Å². The molecule has 2 nitrogen and oxygen atoms in total. The maximum atomic E-state index is 5.48. The van der Waals surface area contributed by atoms with Gasteiger partial charge >= 0.3 is 0 Å². The van der Waals surface area contributed by atoms with Crippen molar-refractivity contribution < 1.29 is 4.74 Å². The lowest BCUT2D eigenvalue weighted by molar-refractivity contribution is 0.206. The van der Waals surface area contributed by atoms with Crippen molar-refractivity contribution in [2.75, 3.05) is 19.7 Å². The van der Waals surface area contributed by atoms with Gasteiger partial charge in [-0.15, -0.1) is 0 Å². The molecule has 0 bridgehead atoms. The van der Waals surface area contributed by atoms with Crippen LogP contribution in [0, 0.1) is 5.92 Å². The highest BCUT2D eigenvalue weighted by Gasteiger charge is 1.99. The molecule has 1 N–H and O–H groups in total. The average Bonchev–Trinajstić information content (AvgIpc) is 2.24. The van der Waals surface area contributed by atoms with E-state index in [1.54, 1.807) is 0 Å². The van der Waals surface area contributed by atoms with Crippen LogP contribution in [0.15, 0.2) is 24.0 Å². The zero-order valence-corrected chi connectivity index (χ0v) is 9.96. The van der Waals surface area contributed by atoms with E-state index < -0.39 is 0 Å². The van der Waals surface area contributed by atoms with Crippen molar-refractivity contribution in [3.05, 3.63) is 24.0 Å². The Bertz CT molecular complexity index is 219. The van der Waals surface area contributed by atoms with Crippen LogP contribution >= 0.6 is 0 Å². The van der Waals surface area contributed by atoms with Crippen molar-refractivity contribution in [2.24, 2.45) is 5.92 Å². The molecular formula is C13H23NO. The fourth-order valence-electron chi connectivity index (χ4n) is 1.47. The molecule has 0 saturated carbocycles. The largest absolute Gasteiger partial charge is 0.494 e. The third-order valence-electron chi connectivity index (χ3n) is 2.29. The molecule has 0 unspecified atom stereocenters. The molecule has 0 radical (unpaired) electrons. The second kappa shape index (κ2) is 7.52. The van der Waals surface area contributed by atoms with E-state index in [0.29, 0.717) is 0 Å². The SMILES string of the molecule is CC(C)CNCC/C=C/C1=CCCCO1. The van der Waals surface area contributed by atoms with E-state index in [2.05, 4.69) is 37.4 Å². The molecule has 1 aliphatic heterocycles. The summed E-state index contributed by atoms with van der Waals surface area (Å²) in [4.78, 5) is 0. The number of hydrogen-bond donors (Lipinski definition) is 1. The van der Waals surface area contributed by atoms with Crippen LogP contribution in [0.4, 0.5) is 0 Å². The van der Waals surface area contributed by atoms with Crippen LogP contribution in [0.5, 0.6) is 0 Å². The highest BCUT2D eigenvalue weighted by molar-refractivity contribution is 5.13. The van der Waals surface area contributed by atoms with Gasteiger partial charge in [0.05, 0.1) is 6.61 Å². The minimum atomic E-state index is 0.735. The van der Waals surface area contributed by atoms with Gasteiger partial charge < -0.3 is 10.1 Å². The number of ether oxygens (including phenoxy) is 1. The summed E-state index contributed by atoms with van der Waals surface area (Å²) >= 11 is 0. The van der Waals surface area contributed by atoms with E-state index in [1.165, 1.54) is 0 Å². The van der Waals surface area contributed by atoms with Crippen LogP contribution < -0.4 is 5.32 Å². The molecule has 0 amide bonds. The number of hydrogen-bond acceptors (Lipinski definition) is 2. The molecule has 0 saturated heterocycles. The van der Waals surface area contributed by atoms with Gasteiger partial charge in [0.15, 0.2) is 0 Å². The number of allylic oxidation sites excluding steroid dienone is 2. The highest BCUT2D eigenvalue weighted by Crippen LogP contribution is 2.10. The first kappa shape index (κ1) is 12.3. The Kier molecular flexibility index (Phi) is 6.17. The molecule has 1 heterocycles. The Morgan fingerprint density at radius 3 is 3.07 bits per heavy atom. The van der Waals surface area contributed by atoms with Gasteiger partial charge in [0, 0.05) is 0 Å².